The van der Waals surface area contributed by atoms with Crippen LogP contribution in [0.5, 0.6) is 0 Å². The summed E-state index contributed by atoms with van der Waals surface area (Å²) in [7, 11) is 0. The number of carbonyl (C=O) groups excluding carboxylic acids is 1. The summed E-state index contributed by atoms with van der Waals surface area (Å²) in [5.41, 5.74) is 1.74. The minimum absolute atomic E-state index is 0.00806. The monoisotopic (exact) mass is 269 g/mol. The molecule has 15 heavy (non-hydrogen) atoms. The molecule has 0 heterocycles. The third-order valence-corrected chi connectivity index (χ3v) is 2.60. The zero-order valence-corrected chi connectivity index (χ0v) is 10.9. The van der Waals surface area contributed by atoms with Gasteiger partial charge in [-0.05, 0) is 36.6 Å². The molecule has 0 atom stereocenters. The van der Waals surface area contributed by atoms with E-state index in [1.807, 2.05) is 25.1 Å². The normalized spacial score (nSPS) is 10.5. The summed E-state index contributed by atoms with van der Waals surface area (Å²) in [6, 6.07) is 5.68. The Morgan fingerprint density at radius 3 is 2.67 bits per heavy atom. The van der Waals surface area contributed by atoms with E-state index in [-0.39, 0.29) is 5.91 Å². The van der Waals surface area contributed by atoms with Crippen molar-refractivity contribution in [3.05, 3.63) is 33.8 Å². The van der Waals surface area contributed by atoms with E-state index in [0.717, 1.165) is 15.6 Å². The van der Waals surface area contributed by atoms with E-state index in [9.17, 15) is 4.79 Å². The number of rotatable bonds is 3. The van der Waals surface area contributed by atoms with Crippen molar-refractivity contribution >= 4 is 21.8 Å². The van der Waals surface area contributed by atoms with Gasteiger partial charge in [0.05, 0.1) is 0 Å². The summed E-state index contributed by atoms with van der Waals surface area (Å²) in [4.78, 5) is 11.8. The Balaban J connectivity index is 2.74. The Hall–Kier alpha value is -0.830. The van der Waals surface area contributed by atoms with Crippen LogP contribution in [0.25, 0.3) is 0 Å². The Morgan fingerprint density at radius 1 is 1.47 bits per heavy atom. The molecule has 0 radical (unpaired) electrons. The lowest BCUT2D eigenvalue weighted by Gasteiger charge is -2.09. The molecule has 2 nitrogen and oxygen atoms in total. The van der Waals surface area contributed by atoms with Crippen LogP contribution in [0.4, 0.5) is 0 Å². The molecule has 82 valence electrons. The number of hydrogen-bond donors (Lipinski definition) is 1. The predicted molar refractivity (Wildman–Crippen MR) is 66.1 cm³/mol. The SMILES string of the molecule is Cc1cc(Br)ccc1C(=O)NCC(C)C. The van der Waals surface area contributed by atoms with Gasteiger partial charge in [0.2, 0.25) is 0 Å². The average molecular weight is 270 g/mol. The second-order valence-corrected chi connectivity index (χ2v) is 4.98. The topological polar surface area (TPSA) is 29.1 Å². The maximum Gasteiger partial charge on any atom is 0.251 e. The molecule has 1 rings (SSSR count). The zero-order valence-electron chi connectivity index (χ0n) is 9.30. The van der Waals surface area contributed by atoms with Crippen LogP contribution >= 0.6 is 15.9 Å². The number of nitrogens with one attached hydrogen (secondary N) is 1. The third-order valence-electron chi connectivity index (χ3n) is 2.10. The van der Waals surface area contributed by atoms with Crippen LogP contribution in [-0.4, -0.2) is 12.5 Å². The minimum atomic E-state index is 0.00806. The summed E-state index contributed by atoms with van der Waals surface area (Å²) in [5, 5.41) is 2.90. The first-order valence-corrected chi connectivity index (χ1v) is 5.84. The Morgan fingerprint density at radius 2 is 2.13 bits per heavy atom. The van der Waals surface area contributed by atoms with Crippen molar-refractivity contribution in [2.75, 3.05) is 6.54 Å². The summed E-state index contributed by atoms with van der Waals surface area (Å²) in [6.07, 6.45) is 0. The average Bonchev–Trinajstić information content (AvgIpc) is 2.14. The summed E-state index contributed by atoms with van der Waals surface area (Å²) >= 11 is 3.38. The molecular weight excluding hydrogens is 254 g/mol. The molecule has 1 amide bonds. The highest BCUT2D eigenvalue weighted by Crippen LogP contribution is 2.15. The highest BCUT2D eigenvalue weighted by atomic mass is 79.9. The number of amides is 1. The van der Waals surface area contributed by atoms with Crippen molar-refractivity contribution < 1.29 is 4.79 Å². The fourth-order valence-corrected chi connectivity index (χ4v) is 1.75. The van der Waals surface area contributed by atoms with Crippen molar-refractivity contribution in [1.29, 1.82) is 0 Å². The van der Waals surface area contributed by atoms with E-state index >= 15 is 0 Å². The van der Waals surface area contributed by atoms with Gasteiger partial charge < -0.3 is 5.32 Å². The molecule has 0 aliphatic heterocycles. The molecule has 1 N–H and O–H groups in total. The van der Waals surface area contributed by atoms with E-state index < -0.39 is 0 Å². The lowest BCUT2D eigenvalue weighted by Crippen LogP contribution is -2.27. The predicted octanol–water partition coefficient (Wildman–Crippen LogP) is 3.14. The van der Waals surface area contributed by atoms with Gasteiger partial charge in [0.1, 0.15) is 0 Å². The van der Waals surface area contributed by atoms with E-state index in [0.29, 0.717) is 12.5 Å². The second kappa shape index (κ2) is 5.31. The van der Waals surface area contributed by atoms with E-state index in [2.05, 4.69) is 35.1 Å². The van der Waals surface area contributed by atoms with Crippen LogP contribution in [0.1, 0.15) is 29.8 Å². The van der Waals surface area contributed by atoms with Gasteiger partial charge >= 0.3 is 0 Å². The van der Waals surface area contributed by atoms with Gasteiger partial charge in [-0.15, -0.1) is 0 Å². The molecule has 0 fully saturated rings. The first kappa shape index (κ1) is 12.2. The molecule has 1 aromatic rings. The van der Waals surface area contributed by atoms with Crippen LogP contribution in [0, 0.1) is 12.8 Å². The van der Waals surface area contributed by atoms with E-state index in [4.69, 9.17) is 0 Å². The zero-order chi connectivity index (χ0) is 11.4. The van der Waals surface area contributed by atoms with Crippen LogP contribution in [0.15, 0.2) is 22.7 Å². The standard InChI is InChI=1S/C12H16BrNO/c1-8(2)7-14-12(15)11-5-4-10(13)6-9(11)3/h4-6,8H,7H2,1-3H3,(H,14,15). The molecule has 0 saturated heterocycles. The number of aryl methyl sites for hydroxylation is 1. The largest absolute Gasteiger partial charge is 0.352 e. The molecular formula is C12H16BrNO. The van der Waals surface area contributed by atoms with Gasteiger partial charge in [-0.2, -0.15) is 0 Å². The smallest absolute Gasteiger partial charge is 0.251 e. The van der Waals surface area contributed by atoms with Gasteiger partial charge in [0.15, 0.2) is 0 Å². The van der Waals surface area contributed by atoms with Crippen LogP contribution in [0.3, 0.4) is 0 Å². The van der Waals surface area contributed by atoms with E-state index in [1.165, 1.54) is 0 Å². The van der Waals surface area contributed by atoms with Crippen molar-refractivity contribution in [2.24, 2.45) is 5.92 Å². The highest BCUT2D eigenvalue weighted by Gasteiger charge is 2.08. The number of hydrogen-bond acceptors (Lipinski definition) is 1. The van der Waals surface area contributed by atoms with Gasteiger partial charge in [0, 0.05) is 16.6 Å². The van der Waals surface area contributed by atoms with Gasteiger partial charge in [0.25, 0.3) is 5.91 Å². The lowest BCUT2D eigenvalue weighted by molar-refractivity contribution is 0.0948. The summed E-state index contributed by atoms with van der Waals surface area (Å²) in [6.45, 7) is 6.81. The van der Waals surface area contributed by atoms with Crippen LogP contribution < -0.4 is 5.32 Å². The van der Waals surface area contributed by atoms with Crippen LogP contribution in [-0.2, 0) is 0 Å². The van der Waals surface area contributed by atoms with Crippen molar-refractivity contribution in [2.45, 2.75) is 20.8 Å². The lowest BCUT2D eigenvalue weighted by atomic mass is 10.1. The molecule has 0 spiro atoms. The third kappa shape index (κ3) is 3.67. The first-order valence-electron chi connectivity index (χ1n) is 5.05. The molecule has 0 unspecified atom stereocenters. The van der Waals surface area contributed by atoms with Crippen molar-refractivity contribution in [1.82, 2.24) is 5.32 Å². The Kier molecular flexibility index (Phi) is 4.33. The van der Waals surface area contributed by atoms with Gasteiger partial charge in [-0.25, -0.2) is 0 Å². The maximum atomic E-state index is 11.8. The number of halogens is 1. The van der Waals surface area contributed by atoms with Crippen molar-refractivity contribution in [3.63, 3.8) is 0 Å². The number of carbonyl (C=O) groups is 1. The molecule has 0 bridgehead atoms. The first-order chi connectivity index (χ1) is 7.00. The Labute approximate surface area is 99.2 Å². The van der Waals surface area contributed by atoms with Crippen LogP contribution in [0.2, 0.25) is 0 Å². The second-order valence-electron chi connectivity index (χ2n) is 4.06. The molecule has 0 saturated carbocycles. The molecule has 3 heteroatoms. The molecule has 1 aromatic carbocycles. The minimum Gasteiger partial charge on any atom is -0.352 e. The van der Waals surface area contributed by atoms with Gasteiger partial charge in [-0.3, -0.25) is 4.79 Å². The van der Waals surface area contributed by atoms with Gasteiger partial charge in [-0.1, -0.05) is 29.8 Å². The molecule has 0 aliphatic carbocycles. The highest BCUT2D eigenvalue weighted by molar-refractivity contribution is 9.10. The summed E-state index contributed by atoms with van der Waals surface area (Å²) < 4.78 is 1.00. The quantitative estimate of drug-likeness (QED) is 0.898. The number of benzene rings is 1. The fourth-order valence-electron chi connectivity index (χ4n) is 1.27. The maximum absolute atomic E-state index is 11.8. The molecule has 0 aromatic heterocycles. The van der Waals surface area contributed by atoms with Crippen molar-refractivity contribution in [3.8, 4) is 0 Å². The fraction of sp³-hybridized carbons (Fsp3) is 0.417. The molecule has 0 aliphatic rings. The van der Waals surface area contributed by atoms with E-state index in [1.54, 1.807) is 0 Å². The summed E-state index contributed by atoms with van der Waals surface area (Å²) in [5.74, 6) is 0.485. The Bertz CT molecular complexity index is 361.